The number of hydrogen-bond acceptors (Lipinski definition) is 3. The van der Waals surface area contributed by atoms with Crippen LogP contribution >= 0.6 is 0 Å². The Kier molecular flexibility index (Phi) is 2.44. The van der Waals surface area contributed by atoms with Crippen LogP contribution in [0.4, 0.5) is 0 Å². The lowest BCUT2D eigenvalue weighted by Gasteiger charge is -2.38. The maximum atomic E-state index is 12.8. The minimum atomic E-state index is -3.02. The van der Waals surface area contributed by atoms with E-state index in [1.54, 1.807) is 24.3 Å². The second-order valence-electron chi connectivity index (χ2n) is 4.74. The van der Waals surface area contributed by atoms with Crippen molar-refractivity contribution in [3.63, 3.8) is 0 Å². The molecular weight excluding hydrogens is 226 g/mol. The lowest BCUT2D eigenvalue weighted by atomic mass is 9.73. The summed E-state index contributed by atoms with van der Waals surface area (Å²) in [6, 6.07) is 9.05. The summed E-state index contributed by atoms with van der Waals surface area (Å²) in [4.78, 5) is 14.8. The molecule has 0 aromatic heterocycles. The highest BCUT2D eigenvalue weighted by Crippen LogP contribution is 2.36. The molecule has 98 valence electrons. The van der Waals surface area contributed by atoms with Crippen molar-refractivity contribution in [3.05, 3.63) is 35.9 Å². The molecule has 0 unspecified atom stereocenters. The van der Waals surface area contributed by atoms with Gasteiger partial charge in [-0.25, -0.2) is 0 Å². The molecule has 3 heteroatoms. The third-order valence-electron chi connectivity index (χ3n) is 3.70. The second-order valence-corrected chi connectivity index (χ2v) is 4.74. The van der Waals surface area contributed by atoms with Crippen LogP contribution < -0.4 is 0 Å². The Balaban J connectivity index is 2.34. The summed E-state index contributed by atoms with van der Waals surface area (Å²) < 4.78 is 41.6. The number of hydrogen-bond donors (Lipinski definition) is 0. The average molecular weight is 252 g/mol. The van der Waals surface area contributed by atoms with Crippen LogP contribution in [0, 0.1) is 0 Å². The first-order valence-electron chi connectivity index (χ1n) is 8.56. The van der Waals surface area contributed by atoms with Gasteiger partial charge in [0.25, 0.3) is 0 Å². The molecular formula is C15H21NO2. The van der Waals surface area contributed by atoms with Crippen LogP contribution in [0.2, 0.25) is 0 Å². The molecule has 1 aromatic rings. The Morgan fingerprint density at radius 3 is 2.72 bits per heavy atom. The fraction of sp³-hybridized carbons (Fsp3) is 0.533. The molecule has 2 rings (SSSR count). The molecule has 1 aliphatic rings. The Hall–Kier alpha value is -1.35. The summed E-state index contributed by atoms with van der Waals surface area (Å²) in [5, 5.41) is 0. The molecule has 1 aromatic carbocycles. The first-order chi connectivity index (χ1) is 10.6. The zero-order valence-electron chi connectivity index (χ0n) is 15.5. The van der Waals surface area contributed by atoms with Gasteiger partial charge in [-0.15, -0.1) is 0 Å². The van der Waals surface area contributed by atoms with E-state index in [2.05, 4.69) is 4.90 Å². The van der Waals surface area contributed by atoms with Gasteiger partial charge in [-0.05, 0) is 45.4 Å². The van der Waals surface area contributed by atoms with Crippen LogP contribution in [0.3, 0.4) is 0 Å². The Labute approximate surface area is 116 Å². The van der Waals surface area contributed by atoms with E-state index in [1.165, 1.54) is 0 Å². The largest absolute Gasteiger partial charge is 0.465 e. The van der Waals surface area contributed by atoms with Gasteiger partial charge < -0.3 is 9.64 Å². The quantitative estimate of drug-likeness (QED) is 0.773. The van der Waals surface area contributed by atoms with Gasteiger partial charge in [0.05, 0.1) is 14.7 Å². The van der Waals surface area contributed by atoms with Crippen LogP contribution in [0.25, 0.3) is 0 Å². The van der Waals surface area contributed by atoms with Crippen LogP contribution in [0.1, 0.15) is 32.1 Å². The number of carbonyl (C=O) groups is 1. The summed E-state index contributed by atoms with van der Waals surface area (Å²) in [5.74, 6) is -0.807. The van der Waals surface area contributed by atoms with Crippen LogP contribution in [-0.4, -0.2) is 37.6 Å². The third kappa shape index (κ3) is 2.41. The molecule has 0 N–H and O–H groups in total. The number of nitrogens with zero attached hydrogens (tertiary/aromatic N) is 1. The highest BCUT2D eigenvalue weighted by Gasteiger charge is 2.43. The third-order valence-corrected chi connectivity index (χ3v) is 3.70. The number of carbonyl (C=O) groups excluding carboxylic acids is 1. The van der Waals surface area contributed by atoms with Gasteiger partial charge in [-0.1, -0.05) is 30.3 Å². The van der Waals surface area contributed by atoms with Crippen molar-refractivity contribution >= 4 is 5.97 Å². The second kappa shape index (κ2) is 5.53. The van der Waals surface area contributed by atoms with Gasteiger partial charge in [-0.2, -0.15) is 0 Å². The van der Waals surface area contributed by atoms with Crippen molar-refractivity contribution in [1.82, 2.24) is 4.90 Å². The number of ether oxygens (including phenoxy) is 1. The lowest BCUT2D eigenvalue weighted by Crippen LogP contribution is -2.47. The maximum absolute atomic E-state index is 12.8. The van der Waals surface area contributed by atoms with E-state index in [9.17, 15) is 4.79 Å². The van der Waals surface area contributed by atoms with E-state index in [-0.39, 0.29) is 0 Å². The van der Waals surface area contributed by atoms with Gasteiger partial charge in [0.15, 0.2) is 0 Å². The van der Waals surface area contributed by atoms with Crippen LogP contribution in [0.15, 0.2) is 30.3 Å². The molecule has 1 fully saturated rings. The SMILES string of the molecule is [2H]C([2H])([2H])C([2H])([2H])OC(=O)C1(c2ccccc2)CCN(C)CC1. The standard InChI is InChI=1S/C15H21NO2/c1-3-18-14(17)15(9-11-16(2)12-10-15)13-7-5-4-6-8-13/h4-8H,3,9-12H2,1-2H3/i1D3,3D2. The van der Waals surface area contributed by atoms with Crippen LogP contribution in [-0.2, 0) is 14.9 Å². The van der Waals surface area contributed by atoms with Crippen molar-refractivity contribution < 1.29 is 16.4 Å². The summed E-state index contributed by atoms with van der Waals surface area (Å²) in [6.07, 6.45) is 0.923. The normalized spacial score (nSPS) is 25.1. The van der Waals surface area contributed by atoms with Crippen molar-refractivity contribution in [1.29, 1.82) is 0 Å². The Morgan fingerprint density at radius 2 is 2.11 bits per heavy atom. The summed E-state index contributed by atoms with van der Waals surface area (Å²) in [7, 11) is 1.95. The van der Waals surface area contributed by atoms with Gasteiger partial charge in [0, 0.05) is 4.11 Å². The van der Waals surface area contributed by atoms with Crippen molar-refractivity contribution in [2.75, 3.05) is 26.7 Å². The number of benzene rings is 1. The predicted octanol–water partition coefficient (Wildman–Crippen LogP) is 2.21. The molecule has 1 heterocycles. The first kappa shape index (κ1) is 7.95. The molecule has 18 heavy (non-hydrogen) atoms. The lowest BCUT2D eigenvalue weighted by molar-refractivity contribution is -0.152. The minimum Gasteiger partial charge on any atom is -0.465 e. The predicted molar refractivity (Wildman–Crippen MR) is 71.5 cm³/mol. The summed E-state index contributed by atoms with van der Waals surface area (Å²) in [6.45, 7) is -4.72. The molecule has 1 saturated heterocycles. The van der Waals surface area contributed by atoms with Crippen molar-refractivity contribution in [2.24, 2.45) is 0 Å². The molecule has 0 aliphatic carbocycles. The van der Waals surface area contributed by atoms with E-state index in [1.807, 2.05) is 13.1 Å². The summed E-state index contributed by atoms with van der Waals surface area (Å²) in [5.41, 5.74) is -0.272. The molecule has 1 aliphatic heterocycles. The van der Waals surface area contributed by atoms with Gasteiger partial charge in [0.1, 0.15) is 0 Å². The van der Waals surface area contributed by atoms with Crippen molar-refractivity contribution in [3.8, 4) is 0 Å². The zero-order valence-corrected chi connectivity index (χ0v) is 10.5. The van der Waals surface area contributed by atoms with Gasteiger partial charge in [-0.3, -0.25) is 4.79 Å². The van der Waals surface area contributed by atoms with E-state index < -0.39 is 24.8 Å². The Bertz CT molecular complexity index is 551. The smallest absolute Gasteiger partial charge is 0.316 e. The number of rotatable bonds is 3. The monoisotopic (exact) mass is 252 g/mol. The zero-order chi connectivity index (χ0) is 17.3. The fourth-order valence-electron chi connectivity index (χ4n) is 2.51. The number of esters is 1. The van der Waals surface area contributed by atoms with E-state index >= 15 is 0 Å². The van der Waals surface area contributed by atoms with Crippen molar-refractivity contribution in [2.45, 2.75) is 25.1 Å². The molecule has 0 atom stereocenters. The van der Waals surface area contributed by atoms with Gasteiger partial charge in [0.2, 0.25) is 0 Å². The van der Waals surface area contributed by atoms with E-state index in [4.69, 9.17) is 11.6 Å². The summed E-state index contributed by atoms with van der Waals surface area (Å²) >= 11 is 0. The van der Waals surface area contributed by atoms with E-state index in [0.29, 0.717) is 25.9 Å². The average Bonchev–Trinajstić information content (AvgIpc) is 2.47. The van der Waals surface area contributed by atoms with Crippen LogP contribution in [0.5, 0.6) is 0 Å². The number of piperidine rings is 1. The number of likely N-dealkylation sites (tertiary alicyclic amines) is 1. The maximum Gasteiger partial charge on any atom is 0.316 e. The molecule has 0 radical (unpaired) electrons. The van der Waals surface area contributed by atoms with Gasteiger partial charge >= 0.3 is 5.97 Å². The molecule has 0 bridgehead atoms. The fourth-order valence-corrected chi connectivity index (χ4v) is 2.51. The first-order valence-corrected chi connectivity index (χ1v) is 6.06. The molecule has 0 saturated carbocycles. The molecule has 3 nitrogen and oxygen atoms in total. The molecule has 0 amide bonds. The minimum absolute atomic E-state index is 0.462. The highest BCUT2D eigenvalue weighted by molar-refractivity contribution is 5.83. The Morgan fingerprint density at radius 1 is 1.44 bits per heavy atom. The highest BCUT2D eigenvalue weighted by atomic mass is 16.5. The van der Waals surface area contributed by atoms with E-state index in [0.717, 1.165) is 5.56 Å². The topological polar surface area (TPSA) is 29.5 Å². The molecule has 0 spiro atoms.